The smallest absolute Gasteiger partial charge is 0.0573 e. The summed E-state index contributed by atoms with van der Waals surface area (Å²) in [6, 6.07) is 14.6. The summed E-state index contributed by atoms with van der Waals surface area (Å²) in [6.07, 6.45) is 6.01. The van der Waals surface area contributed by atoms with Gasteiger partial charge in [-0.05, 0) is 43.4 Å². The molecule has 1 saturated heterocycles. The summed E-state index contributed by atoms with van der Waals surface area (Å²) in [7, 11) is 0. The lowest BCUT2D eigenvalue weighted by atomic mass is 9.66. The van der Waals surface area contributed by atoms with Crippen LogP contribution in [0.1, 0.15) is 44.6 Å². The molecule has 0 unspecified atom stereocenters. The van der Waals surface area contributed by atoms with Crippen LogP contribution in [0, 0.1) is 17.4 Å². The van der Waals surface area contributed by atoms with Crippen LogP contribution in [0.4, 0.5) is 0 Å². The average molecular weight is 292 g/mol. The van der Waals surface area contributed by atoms with E-state index < -0.39 is 0 Å². The summed E-state index contributed by atoms with van der Waals surface area (Å²) in [5, 5.41) is 3.50. The second-order valence-corrected chi connectivity index (χ2v) is 6.87. The first-order chi connectivity index (χ1) is 10.8. The van der Waals surface area contributed by atoms with Gasteiger partial charge in [0.2, 0.25) is 0 Å². The van der Waals surface area contributed by atoms with Crippen molar-refractivity contribution in [2.24, 2.45) is 5.41 Å². The van der Waals surface area contributed by atoms with Crippen molar-refractivity contribution in [3.05, 3.63) is 41.6 Å². The van der Waals surface area contributed by atoms with E-state index in [1.807, 2.05) is 0 Å². The van der Waals surface area contributed by atoms with Crippen molar-refractivity contribution >= 4 is 5.57 Å². The predicted octanol–water partition coefficient (Wildman–Crippen LogP) is 3.62. The van der Waals surface area contributed by atoms with Crippen molar-refractivity contribution < 1.29 is 0 Å². The van der Waals surface area contributed by atoms with E-state index in [1.54, 1.807) is 0 Å². The summed E-state index contributed by atoms with van der Waals surface area (Å²) < 4.78 is 0. The number of hydrogen-bond acceptors (Lipinski definition) is 2. The highest BCUT2D eigenvalue weighted by atomic mass is 15.2. The number of nitrogens with zero attached hydrogens (tertiary/aromatic N) is 1. The molecule has 3 heterocycles. The van der Waals surface area contributed by atoms with Crippen LogP contribution in [0.3, 0.4) is 0 Å². The standard InChI is InChI=1S/C20H24N2/c1-2-20-11-6-13-21-18-17(16-8-4-3-5-9-16)10-15-22(19(18)20)14-7-12-20/h3-5,8-9,19,21H,2,7,10-12,14-15H2,1H3/t19-,20-/m1/s1. The molecule has 1 aromatic rings. The van der Waals surface area contributed by atoms with E-state index >= 15 is 0 Å². The number of nitrogens with one attached hydrogen (secondary N) is 1. The molecule has 0 spiro atoms. The van der Waals surface area contributed by atoms with E-state index in [0.717, 1.165) is 12.8 Å². The second kappa shape index (κ2) is 5.48. The third-order valence-corrected chi connectivity index (χ3v) is 5.87. The molecule has 22 heavy (non-hydrogen) atoms. The molecule has 0 bridgehead atoms. The third kappa shape index (κ3) is 2.08. The van der Waals surface area contributed by atoms with Crippen LogP contribution in [0.25, 0.3) is 5.57 Å². The average Bonchev–Trinajstić information content (AvgIpc) is 2.78. The van der Waals surface area contributed by atoms with Crippen LogP contribution >= 0.6 is 0 Å². The van der Waals surface area contributed by atoms with Gasteiger partial charge in [-0.1, -0.05) is 43.2 Å². The Hall–Kier alpha value is -1.72. The molecule has 4 rings (SSSR count). The van der Waals surface area contributed by atoms with Crippen molar-refractivity contribution in [2.75, 3.05) is 13.1 Å². The lowest BCUT2D eigenvalue weighted by Crippen LogP contribution is -2.56. The highest BCUT2D eigenvalue weighted by molar-refractivity contribution is 5.71. The molecular weight excluding hydrogens is 268 g/mol. The van der Waals surface area contributed by atoms with Gasteiger partial charge >= 0.3 is 0 Å². The first-order valence-electron chi connectivity index (χ1n) is 8.60. The van der Waals surface area contributed by atoms with Gasteiger partial charge in [-0.3, -0.25) is 4.90 Å². The molecule has 0 radical (unpaired) electrons. The predicted molar refractivity (Wildman–Crippen MR) is 90.8 cm³/mol. The van der Waals surface area contributed by atoms with E-state index in [2.05, 4.69) is 59.4 Å². The van der Waals surface area contributed by atoms with Gasteiger partial charge in [0.05, 0.1) is 6.04 Å². The minimum atomic E-state index is 0.338. The Labute approximate surface area is 133 Å². The van der Waals surface area contributed by atoms with Crippen LogP contribution in [-0.2, 0) is 0 Å². The molecular formula is C20H24N2. The van der Waals surface area contributed by atoms with E-state index in [4.69, 9.17) is 0 Å². The summed E-state index contributed by atoms with van der Waals surface area (Å²) in [4.78, 5) is 2.70. The summed E-state index contributed by atoms with van der Waals surface area (Å²) in [5.74, 6) is 3.40. The van der Waals surface area contributed by atoms with E-state index in [9.17, 15) is 0 Å². The molecule has 0 aliphatic carbocycles. The topological polar surface area (TPSA) is 15.3 Å². The third-order valence-electron chi connectivity index (χ3n) is 5.87. The Morgan fingerprint density at radius 2 is 2.14 bits per heavy atom. The van der Waals surface area contributed by atoms with Gasteiger partial charge in [0, 0.05) is 30.1 Å². The molecule has 2 nitrogen and oxygen atoms in total. The lowest BCUT2D eigenvalue weighted by molar-refractivity contribution is 0.0292. The fourth-order valence-electron chi connectivity index (χ4n) is 4.67. The molecule has 2 heteroatoms. The van der Waals surface area contributed by atoms with Crippen molar-refractivity contribution in [3.63, 3.8) is 0 Å². The number of rotatable bonds is 2. The highest BCUT2D eigenvalue weighted by Crippen LogP contribution is 2.48. The quantitative estimate of drug-likeness (QED) is 0.838. The van der Waals surface area contributed by atoms with Crippen molar-refractivity contribution in [1.82, 2.24) is 10.2 Å². The Balaban J connectivity index is 1.86. The van der Waals surface area contributed by atoms with Crippen molar-refractivity contribution in [1.29, 1.82) is 0 Å². The zero-order valence-corrected chi connectivity index (χ0v) is 13.4. The SMILES string of the molecule is CC[C@@]12CC#CNC3=C(c4ccccc4)CCN(CCC1)[C@H]32. The van der Waals surface area contributed by atoms with Crippen molar-refractivity contribution in [2.45, 2.75) is 45.1 Å². The number of piperidine rings is 1. The van der Waals surface area contributed by atoms with Gasteiger partial charge in [-0.25, -0.2) is 0 Å². The molecule has 2 atom stereocenters. The maximum Gasteiger partial charge on any atom is 0.0573 e. The summed E-state index contributed by atoms with van der Waals surface area (Å²) >= 11 is 0. The first kappa shape index (κ1) is 13.9. The Bertz CT molecular complexity index is 649. The highest BCUT2D eigenvalue weighted by Gasteiger charge is 2.47. The van der Waals surface area contributed by atoms with Crippen LogP contribution in [-0.4, -0.2) is 24.0 Å². The first-order valence-corrected chi connectivity index (χ1v) is 8.60. The fraction of sp³-hybridized carbons (Fsp3) is 0.500. The van der Waals surface area contributed by atoms with Crippen LogP contribution in [0.15, 0.2) is 36.0 Å². The maximum absolute atomic E-state index is 3.50. The fourth-order valence-corrected chi connectivity index (χ4v) is 4.67. The van der Waals surface area contributed by atoms with E-state index in [1.165, 1.54) is 49.2 Å². The summed E-state index contributed by atoms with van der Waals surface area (Å²) in [5.41, 5.74) is 4.58. The van der Waals surface area contributed by atoms with Crippen molar-refractivity contribution in [3.8, 4) is 12.0 Å². The number of hydrogen-bond donors (Lipinski definition) is 1. The van der Waals surface area contributed by atoms with Crippen LogP contribution in [0.2, 0.25) is 0 Å². The van der Waals surface area contributed by atoms with Gasteiger partial charge in [-0.2, -0.15) is 0 Å². The van der Waals surface area contributed by atoms with Gasteiger partial charge < -0.3 is 5.32 Å². The largest absolute Gasteiger partial charge is 0.317 e. The van der Waals surface area contributed by atoms with Crippen LogP contribution in [0.5, 0.6) is 0 Å². The van der Waals surface area contributed by atoms with Gasteiger partial charge in [0.25, 0.3) is 0 Å². The maximum atomic E-state index is 3.50. The van der Waals surface area contributed by atoms with Crippen LogP contribution < -0.4 is 5.32 Å². The molecule has 1 fully saturated rings. The minimum Gasteiger partial charge on any atom is -0.317 e. The zero-order chi connectivity index (χ0) is 15.0. The van der Waals surface area contributed by atoms with Gasteiger partial charge in [-0.15, -0.1) is 0 Å². The summed E-state index contributed by atoms with van der Waals surface area (Å²) in [6.45, 7) is 4.77. The molecule has 0 aromatic heterocycles. The second-order valence-electron chi connectivity index (χ2n) is 6.87. The molecule has 1 aromatic carbocycles. The minimum absolute atomic E-state index is 0.338. The van der Waals surface area contributed by atoms with Gasteiger partial charge in [0.15, 0.2) is 0 Å². The van der Waals surface area contributed by atoms with E-state index in [0.29, 0.717) is 11.5 Å². The number of benzene rings is 1. The molecule has 0 amide bonds. The monoisotopic (exact) mass is 292 g/mol. The molecule has 3 aliphatic heterocycles. The zero-order valence-electron chi connectivity index (χ0n) is 13.4. The molecule has 3 aliphatic rings. The molecule has 114 valence electrons. The Morgan fingerprint density at radius 3 is 2.95 bits per heavy atom. The molecule has 1 N–H and O–H groups in total. The Kier molecular flexibility index (Phi) is 3.47. The van der Waals surface area contributed by atoms with Gasteiger partial charge in [0.1, 0.15) is 0 Å². The Morgan fingerprint density at radius 1 is 1.27 bits per heavy atom. The normalized spacial score (nSPS) is 30.7. The van der Waals surface area contributed by atoms with E-state index in [-0.39, 0.29) is 0 Å². The molecule has 0 saturated carbocycles. The lowest BCUT2D eigenvalue weighted by Gasteiger charge is -2.52.